The highest BCUT2D eigenvalue weighted by molar-refractivity contribution is 5.78. The van der Waals surface area contributed by atoms with Gasteiger partial charge in [0.05, 0.1) is 0 Å². The molecule has 112 valence electrons. The van der Waals surface area contributed by atoms with Crippen molar-refractivity contribution in [2.45, 2.75) is 39.0 Å². The first-order valence-electron chi connectivity index (χ1n) is 7.79. The van der Waals surface area contributed by atoms with Gasteiger partial charge < -0.3 is 4.90 Å². The van der Waals surface area contributed by atoms with Crippen molar-refractivity contribution < 1.29 is 4.79 Å². The molecule has 1 fully saturated rings. The molecule has 0 bridgehead atoms. The minimum atomic E-state index is 0.135. The van der Waals surface area contributed by atoms with Crippen LogP contribution in [-0.2, 0) is 4.79 Å². The summed E-state index contributed by atoms with van der Waals surface area (Å²) in [6.07, 6.45) is 4.87. The molecule has 1 atom stereocenters. The van der Waals surface area contributed by atoms with E-state index in [1.807, 2.05) is 36.2 Å². The van der Waals surface area contributed by atoms with Crippen molar-refractivity contribution >= 4 is 11.6 Å². The maximum Gasteiger partial charge on any atom is 0.225 e. The second-order valence-electron chi connectivity index (χ2n) is 5.90. The van der Waals surface area contributed by atoms with Gasteiger partial charge in [0, 0.05) is 31.1 Å². The van der Waals surface area contributed by atoms with E-state index in [1.54, 1.807) is 0 Å². The quantitative estimate of drug-likeness (QED) is 0.871. The highest BCUT2D eigenvalue weighted by atomic mass is 16.2. The van der Waals surface area contributed by atoms with E-state index in [0.717, 1.165) is 43.8 Å². The summed E-state index contributed by atoms with van der Waals surface area (Å²) in [5.41, 5.74) is 0.894. The first kappa shape index (κ1) is 14.0. The van der Waals surface area contributed by atoms with Crippen LogP contribution in [0.3, 0.4) is 0 Å². The molecule has 3 rings (SSSR count). The number of amides is 1. The number of fused-ring (bicyclic) bond motifs is 1. The molecule has 0 radical (unpaired) electrons. The molecule has 0 saturated carbocycles. The van der Waals surface area contributed by atoms with Crippen LogP contribution < -0.4 is 0 Å². The molecule has 0 aromatic carbocycles. The van der Waals surface area contributed by atoms with Crippen LogP contribution in [0.25, 0.3) is 5.65 Å². The van der Waals surface area contributed by atoms with E-state index in [4.69, 9.17) is 0 Å². The topological polar surface area (TPSA) is 50.5 Å². The van der Waals surface area contributed by atoms with E-state index in [1.165, 1.54) is 0 Å². The van der Waals surface area contributed by atoms with Gasteiger partial charge >= 0.3 is 0 Å². The molecule has 3 heterocycles. The van der Waals surface area contributed by atoms with Crippen LogP contribution >= 0.6 is 0 Å². The van der Waals surface area contributed by atoms with E-state index in [0.29, 0.717) is 11.8 Å². The number of carbonyl (C=O) groups is 1. The van der Waals surface area contributed by atoms with Crippen LogP contribution in [0.2, 0.25) is 0 Å². The standard InChI is InChI=1S/C16H22N4O/c1-3-12(2)16(21)19-10-7-13(8-11-19)15-18-17-14-6-4-5-9-20(14)15/h4-6,9,12-13H,3,7-8,10-11H2,1-2H3/t12-/m0/s1. The number of likely N-dealkylation sites (tertiary alicyclic amines) is 1. The zero-order valence-electron chi connectivity index (χ0n) is 12.7. The van der Waals surface area contributed by atoms with Gasteiger partial charge in [0.25, 0.3) is 0 Å². The molecule has 0 N–H and O–H groups in total. The summed E-state index contributed by atoms with van der Waals surface area (Å²) in [5, 5.41) is 8.57. The molecule has 1 saturated heterocycles. The number of nitrogens with zero attached hydrogens (tertiary/aromatic N) is 4. The van der Waals surface area contributed by atoms with E-state index in [2.05, 4.69) is 21.5 Å². The van der Waals surface area contributed by atoms with Crippen molar-refractivity contribution in [3.8, 4) is 0 Å². The molecule has 2 aromatic heterocycles. The summed E-state index contributed by atoms with van der Waals surface area (Å²) in [4.78, 5) is 14.2. The lowest BCUT2D eigenvalue weighted by atomic mass is 9.94. The van der Waals surface area contributed by atoms with Crippen LogP contribution in [0.4, 0.5) is 0 Å². The average molecular weight is 286 g/mol. The fraction of sp³-hybridized carbons (Fsp3) is 0.562. The van der Waals surface area contributed by atoms with Crippen molar-refractivity contribution in [1.29, 1.82) is 0 Å². The minimum Gasteiger partial charge on any atom is -0.342 e. The van der Waals surface area contributed by atoms with Gasteiger partial charge in [0.2, 0.25) is 5.91 Å². The Hall–Kier alpha value is -1.91. The van der Waals surface area contributed by atoms with Gasteiger partial charge in [-0.1, -0.05) is 19.9 Å². The summed E-state index contributed by atoms with van der Waals surface area (Å²) in [5.74, 6) is 1.85. The monoisotopic (exact) mass is 286 g/mol. The molecule has 21 heavy (non-hydrogen) atoms. The van der Waals surface area contributed by atoms with Crippen LogP contribution in [-0.4, -0.2) is 38.5 Å². The van der Waals surface area contributed by atoms with E-state index in [-0.39, 0.29) is 5.92 Å². The Morgan fingerprint density at radius 1 is 1.33 bits per heavy atom. The Morgan fingerprint density at radius 3 is 2.81 bits per heavy atom. The molecule has 5 heteroatoms. The van der Waals surface area contributed by atoms with Gasteiger partial charge in [0.15, 0.2) is 5.65 Å². The summed E-state index contributed by atoms with van der Waals surface area (Å²) in [6.45, 7) is 5.74. The fourth-order valence-corrected chi connectivity index (χ4v) is 2.98. The van der Waals surface area contributed by atoms with Gasteiger partial charge in [-0.15, -0.1) is 10.2 Å². The number of hydrogen-bond acceptors (Lipinski definition) is 3. The number of hydrogen-bond donors (Lipinski definition) is 0. The highest BCUT2D eigenvalue weighted by Crippen LogP contribution is 2.27. The van der Waals surface area contributed by atoms with Crippen molar-refractivity contribution in [1.82, 2.24) is 19.5 Å². The van der Waals surface area contributed by atoms with Crippen molar-refractivity contribution in [2.24, 2.45) is 5.92 Å². The van der Waals surface area contributed by atoms with Crippen LogP contribution in [0.1, 0.15) is 44.9 Å². The Kier molecular flexibility index (Phi) is 3.90. The molecule has 1 aliphatic rings. The molecule has 2 aromatic rings. The second-order valence-corrected chi connectivity index (χ2v) is 5.90. The SMILES string of the molecule is CC[C@H](C)C(=O)N1CCC(c2nnc3ccccn23)CC1. The van der Waals surface area contributed by atoms with Crippen molar-refractivity contribution in [2.75, 3.05) is 13.1 Å². The molecular formula is C16H22N4O. The van der Waals surface area contributed by atoms with Crippen LogP contribution in [0.15, 0.2) is 24.4 Å². The van der Waals surface area contributed by atoms with E-state index < -0.39 is 0 Å². The molecule has 1 aliphatic heterocycles. The average Bonchev–Trinajstić information content (AvgIpc) is 2.97. The second kappa shape index (κ2) is 5.84. The number of carbonyl (C=O) groups excluding carboxylic acids is 1. The summed E-state index contributed by atoms with van der Waals surface area (Å²) in [7, 11) is 0. The lowest BCUT2D eigenvalue weighted by Crippen LogP contribution is -2.40. The number of pyridine rings is 1. The van der Waals surface area contributed by atoms with Crippen LogP contribution in [0, 0.1) is 5.92 Å². The maximum absolute atomic E-state index is 12.2. The van der Waals surface area contributed by atoms with E-state index >= 15 is 0 Å². The Bertz CT molecular complexity index is 628. The zero-order chi connectivity index (χ0) is 14.8. The molecule has 0 aliphatic carbocycles. The number of piperidine rings is 1. The zero-order valence-corrected chi connectivity index (χ0v) is 12.7. The van der Waals surface area contributed by atoms with Crippen LogP contribution in [0.5, 0.6) is 0 Å². The van der Waals surface area contributed by atoms with Gasteiger partial charge in [-0.25, -0.2) is 0 Å². The van der Waals surface area contributed by atoms with E-state index in [9.17, 15) is 4.79 Å². The molecular weight excluding hydrogens is 264 g/mol. The Balaban J connectivity index is 1.70. The largest absolute Gasteiger partial charge is 0.342 e. The third-order valence-electron chi connectivity index (χ3n) is 4.55. The summed E-state index contributed by atoms with van der Waals surface area (Å²) >= 11 is 0. The smallest absolute Gasteiger partial charge is 0.225 e. The number of rotatable bonds is 3. The van der Waals surface area contributed by atoms with Crippen molar-refractivity contribution in [3.63, 3.8) is 0 Å². The predicted octanol–water partition coefficient (Wildman–Crippen LogP) is 2.48. The van der Waals surface area contributed by atoms with Gasteiger partial charge in [-0.3, -0.25) is 9.20 Å². The van der Waals surface area contributed by atoms with Gasteiger partial charge in [0.1, 0.15) is 5.82 Å². The molecule has 1 amide bonds. The molecule has 5 nitrogen and oxygen atoms in total. The third kappa shape index (κ3) is 2.64. The minimum absolute atomic E-state index is 0.135. The first-order chi connectivity index (χ1) is 10.2. The lowest BCUT2D eigenvalue weighted by Gasteiger charge is -2.32. The Morgan fingerprint density at radius 2 is 2.10 bits per heavy atom. The van der Waals surface area contributed by atoms with Crippen molar-refractivity contribution in [3.05, 3.63) is 30.2 Å². The summed E-state index contributed by atoms with van der Waals surface area (Å²) < 4.78 is 2.07. The number of aromatic nitrogens is 3. The maximum atomic E-state index is 12.2. The summed E-state index contributed by atoms with van der Waals surface area (Å²) in [6, 6.07) is 5.95. The molecule has 0 spiro atoms. The molecule has 0 unspecified atom stereocenters. The first-order valence-corrected chi connectivity index (χ1v) is 7.79. The predicted molar refractivity (Wildman–Crippen MR) is 81.0 cm³/mol. The lowest BCUT2D eigenvalue weighted by molar-refractivity contribution is -0.136. The Labute approximate surface area is 125 Å². The normalized spacial score (nSPS) is 18.1. The third-order valence-corrected chi connectivity index (χ3v) is 4.55. The van der Waals surface area contributed by atoms with Gasteiger partial charge in [-0.05, 0) is 31.4 Å². The van der Waals surface area contributed by atoms with Gasteiger partial charge in [-0.2, -0.15) is 0 Å². The highest BCUT2D eigenvalue weighted by Gasteiger charge is 2.28. The fourth-order valence-electron chi connectivity index (χ4n) is 2.98.